The van der Waals surface area contributed by atoms with Gasteiger partial charge in [-0.15, -0.1) is 0 Å². The standard InChI is InChI=1S/C17H25F2NO3/c1-5-17(6-2,15(21)22)10-20-9-13-7-11(3)12(4)8-14(13)23-16(18)19/h7-8,16,20H,5-6,9-10H2,1-4H3,(H,21,22). The second-order valence-corrected chi connectivity index (χ2v) is 5.82. The minimum atomic E-state index is -2.89. The number of halogens is 2. The summed E-state index contributed by atoms with van der Waals surface area (Å²) in [5.41, 5.74) is 1.59. The number of rotatable bonds is 9. The van der Waals surface area contributed by atoms with Crippen molar-refractivity contribution in [1.29, 1.82) is 0 Å². The van der Waals surface area contributed by atoms with Crippen molar-refractivity contribution in [3.8, 4) is 5.75 Å². The van der Waals surface area contributed by atoms with E-state index in [-0.39, 0.29) is 18.8 Å². The number of hydrogen-bond donors (Lipinski definition) is 2. The molecule has 0 aromatic heterocycles. The predicted octanol–water partition coefficient (Wildman–Crippen LogP) is 3.89. The van der Waals surface area contributed by atoms with Gasteiger partial charge in [-0.1, -0.05) is 19.9 Å². The highest BCUT2D eigenvalue weighted by molar-refractivity contribution is 5.74. The molecule has 0 saturated heterocycles. The van der Waals surface area contributed by atoms with E-state index in [9.17, 15) is 18.7 Å². The van der Waals surface area contributed by atoms with E-state index in [0.29, 0.717) is 18.4 Å². The van der Waals surface area contributed by atoms with E-state index < -0.39 is 18.0 Å². The first-order chi connectivity index (χ1) is 10.8. The fourth-order valence-corrected chi connectivity index (χ4v) is 2.51. The van der Waals surface area contributed by atoms with Crippen LogP contribution in [-0.2, 0) is 11.3 Å². The Morgan fingerprint density at radius 3 is 2.30 bits per heavy atom. The molecule has 2 N–H and O–H groups in total. The molecule has 0 spiro atoms. The summed E-state index contributed by atoms with van der Waals surface area (Å²) in [5.74, 6) is -0.719. The molecule has 1 aromatic carbocycles. The fraction of sp³-hybridized carbons (Fsp3) is 0.588. The van der Waals surface area contributed by atoms with Crippen molar-refractivity contribution < 1.29 is 23.4 Å². The number of carboxylic acids is 1. The van der Waals surface area contributed by atoms with Gasteiger partial charge in [0, 0.05) is 18.7 Å². The number of nitrogens with one attached hydrogen (secondary N) is 1. The summed E-state index contributed by atoms with van der Waals surface area (Å²) in [6, 6.07) is 3.38. The molecule has 0 aliphatic carbocycles. The van der Waals surface area contributed by atoms with Gasteiger partial charge in [0.2, 0.25) is 0 Å². The van der Waals surface area contributed by atoms with Crippen LogP contribution in [0.3, 0.4) is 0 Å². The Kier molecular flexibility index (Phi) is 6.94. The SMILES string of the molecule is CCC(CC)(CNCc1cc(C)c(C)cc1OC(F)F)C(=O)O. The molecule has 6 heteroatoms. The van der Waals surface area contributed by atoms with Crippen LogP contribution < -0.4 is 10.1 Å². The number of ether oxygens (including phenoxy) is 1. The van der Waals surface area contributed by atoms with Crippen LogP contribution in [0.4, 0.5) is 8.78 Å². The van der Waals surface area contributed by atoms with Gasteiger partial charge in [0.15, 0.2) is 0 Å². The van der Waals surface area contributed by atoms with Crippen LogP contribution in [-0.4, -0.2) is 24.2 Å². The van der Waals surface area contributed by atoms with Crippen molar-refractivity contribution in [2.45, 2.75) is 53.7 Å². The number of benzene rings is 1. The first kappa shape index (κ1) is 19.4. The molecule has 0 unspecified atom stereocenters. The molecule has 1 rings (SSSR count). The molecule has 0 radical (unpaired) electrons. The summed E-state index contributed by atoms with van der Waals surface area (Å²) in [7, 11) is 0. The lowest BCUT2D eigenvalue weighted by Crippen LogP contribution is -2.40. The van der Waals surface area contributed by atoms with E-state index in [1.54, 1.807) is 12.1 Å². The smallest absolute Gasteiger partial charge is 0.387 e. The number of carbonyl (C=O) groups is 1. The van der Waals surface area contributed by atoms with Crippen molar-refractivity contribution in [2.75, 3.05) is 6.54 Å². The minimum Gasteiger partial charge on any atom is -0.481 e. The van der Waals surface area contributed by atoms with E-state index in [4.69, 9.17) is 0 Å². The van der Waals surface area contributed by atoms with Crippen LogP contribution in [0.15, 0.2) is 12.1 Å². The Hall–Kier alpha value is -1.69. The number of aryl methyl sites for hydroxylation is 2. The van der Waals surface area contributed by atoms with Crippen molar-refractivity contribution in [1.82, 2.24) is 5.32 Å². The Labute approximate surface area is 135 Å². The van der Waals surface area contributed by atoms with E-state index in [1.807, 2.05) is 27.7 Å². The molecule has 0 bridgehead atoms. The molecule has 0 heterocycles. The Balaban J connectivity index is 2.88. The average Bonchev–Trinajstić information content (AvgIpc) is 2.47. The maximum atomic E-state index is 12.5. The van der Waals surface area contributed by atoms with Gasteiger partial charge in [0.05, 0.1) is 5.41 Å². The van der Waals surface area contributed by atoms with E-state index >= 15 is 0 Å². The second kappa shape index (κ2) is 8.24. The Morgan fingerprint density at radius 1 is 1.26 bits per heavy atom. The van der Waals surface area contributed by atoms with Crippen LogP contribution in [0.5, 0.6) is 5.75 Å². The summed E-state index contributed by atoms with van der Waals surface area (Å²) < 4.78 is 29.7. The molecular weight excluding hydrogens is 304 g/mol. The van der Waals surface area contributed by atoms with Crippen LogP contribution in [0.25, 0.3) is 0 Å². The number of alkyl halides is 2. The largest absolute Gasteiger partial charge is 0.481 e. The van der Waals surface area contributed by atoms with Crippen molar-refractivity contribution in [3.63, 3.8) is 0 Å². The molecule has 0 aliphatic rings. The molecule has 130 valence electrons. The quantitative estimate of drug-likeness (QED) is 0.722. The summed E-state index contributed by atoms with van der Waals surface area (Å²) in [4.78, 5) is 11.5. The lowest BCUT2D eigenvalue weighted by Gasteiger charge is -2.27. The van der Waals surface area contributed by atoms with E-state index in [0.717, 1.165) is 11.1 Å². The third kappa shape index (κ3) is 4.89. The maximum Gasteiger partial charge on any atom is 0.387 e. The summed E-state index contributed by atoms with van der Waals surface area (Å²) >= 11 is 0. The average molecular weight is 329 g/mol. The Morgan fingerprint density at radius 2 is 1.83 bits per heavy atom. The molecule has 23 heavy (non-hydrogen) atoms. The van der Waals surface area contributed by atoms with E-state index in [2.05, 4.69) is 10.1 Å². The molecule has 4 nitrogen and oxygen atoms in total. The predicted molar refractivity (Wildman–Crippen MR) is 84.9 cm³/mol. The van der Waals surface area contributed by atoms with Gasteiger partial charge in [-0.2, -0.15) is 8.78 Å². The molecule has 1 aromatic rings. The number of aliphatic carboxylic acids is 1. The highest BCUT2D eigenvalue weighted by atomic mass is 19.3. The molecule has 0 atom stereocenters. The minimum absolute atomic E-state index is 0.129. The summed E-state index contributed by atoms with van der Waals surface area (Å²) in [5, 5.41) is 12.5. The normalized spacial score (nSPS) is 11.8. The molecule has 0 amide bonds. The van der Waals surface area contributed by atoms with E-state index in [1.165, 1.54) is 0 Å². The third-order valence-corrected chi connectivity index (χ3v) is 4.48. The zero-order valence-electron chi connectivity index (χ0n) is 14.1. The maximum absolute atomic E-state index is 12.5. The molecule has 0 aliphatic heterocycles. The highest BCUT2D eigenvalue weighted by Gasteiger charge is 2.34. The lowest BCUT2D eigenvalue weighted by atomic mass is 9.82. The van der Waals surface area contributed by atoms with Crippen LogP contribution in [0.1, 0.15) is 43.4 Å². The monoisotopic (exact) mass is 329 g/mol. The van der Waals surface area contributed by atoms with Crippen LogP contribution in [0.2, 0.25) is 0 Å². The van der Waals surface area contributed by atoms with Crippen molar-refractivity contribution in [2.24, 2.45) is 5.41 Å². The first-order valence-electron chi connectivity index (χ1n) is 7.74. The molecular formula is C17H25F2NO3. The van der Waals surface area contributed by atoms with Gasteiger partial charge in [0.1, 0.15) is 5.75 Å². The Bertz CT molecular complexity index is 543. The van der Waals surface area contributed by atoms with Gasteiger partial charge >= 0.3 is 12.6 Å². The topological polar surface area (TPSA) is 58.6 Å². The van der Waals surface area contributed by atoms with Crippen molar-refractivity contribution in [3.05, 3.63) is 28.8 Å². The molecule has 0 saturated carbocycles. The zero-order chi connectivity index (χ0) is 17.6. The third-order valence-electron chi connectivity index (χ3n) is 4.48. The molecule has 0 fully saturated rings. The van der Waals surface area contributed by atoms with Crippen molar-refractivity contribution >= 4 is 5.97 Å². The van der Waals surface area contributed by atoms with Gasteiger partial charge in [-0.3, -0.25) is 4.79 Å². The summed E-state index contributed by atoms with van der Waals surface area (Å²) in [6.07, 6.45) is 0.998. The zero-order valence-corrected chi connectivity index (χ0v) is 14.1. The van der Waals surface area contributed by atoms with Gasteiger partial charge in [-0.05, 0) is 43.9 Å². The lowest BCUT2D eigenvalue weighted by molar-refractivity contribution is -0.149. The first-order valence-corrected chi connectivity index (χ1v) is 7.74. The van der Waals surface area contributed by atoms with Crippen LogP contribution in [0, 0.1) is 19.3 Å². The highest BCUT2D eigenvalue weighted by Crippen LogP contribution is 2.28. The summed E-state index contributed by atoms with van der Waals surface area (Å²) in [6.45, 7) is 5.05. The van der Waals surface area contributed by atoms with Gasteiger partial charge < -0.3 is 15.2 Å². The fourth-order valence-electron chi connectivity index (χ4n) is 2.51. The van der Waals surface area contributed by atoms with Gasteiger partial charge in [-0.25, -0.2) is 0 Å². The number of hydrogen-bond acceptors (Lipinski definition) is 3. The number of carboxylic acid groups (broad SMARTS) is 1. The van der Waals surface area contributed by atoms with Crippen LogP contribution >= 0.6 is 0 Å². The van der Waals surface area contributed by atoms with Gasteiger partial charge in [0.25, 0.3) is 0 Å². The second-order valence-electron chi connectivity index (χ2n) is 5.82.